The van der Waals surface area contributed by atoms with Gasteiger partial charge in [-0.05, 0) is 31.6 Å². The predicted molar refractivity (Wildman–Crippen MR) is 85.3 cm³/mol. The van der Waals surface area contributed by atoms with Crippen molar-refractivity contribution in [1.29, 1.82) is 0 Å². The van der Waals surface area contributed by atoms with Crippen molar-refractivity contribution in [2.45, 2.75) is 38.1 Å². The molecular weight excluding hydrogens is 303 g/mol. The SMILES string of the molecule is BOC(=O)C[C@H](N)/C=N/NC(=O)NCC1CCC(C(=O)O)CC1. The topological polar surface area (TPSA) is 143 Å². The van der Waals surface area contributed by atoms with E-state index < -0.39 is 24.0 Å². The summed E-state index contributed by atoms with van der Waals surface area (Å²) in [6.07, 6.45) is 4.09. The highest BCUT2D eigenvalue weighted by Crippen LogP contribution is 2.28. The van der Waals surface area contributed by atoms with Crippen LogP contribution >= 0.6 is 0 Å². The number of nitrogens with two attached hydrogens (primary N) is 1. The lowest BCUT2D eigenvalue weighted by Gasteiger charge is -2.25. The first-order valence-electron chi connectivity index (χ1n) is 7.54. The Balaban J connectivity index is 2.17. The van der Waals surface area contributed by atoms with E-state index in [1.54, 1.807) is 0 Å². The molecule has 1 fully saturated rings. The lowest BCUT2D eigenvalue weighted by Crippen LogP contribution is -2.37. The Morgan fingerprint density at radius 2 is 2.00 bits per heavy atom. The third kappa shape index (κ3) is 7.64. The first-order chi connectivity index (χ1) is 10.9. The first-order valence-corrected chi connectivity index (χ1v) is 7.54. The van der Waals surface area contributed by atoms with Crippen LogP contribution < -0.4 is 16.5 Å². The molecular formula is C13H23BN4O5. The van der Waals surface area contributed by atoms with Gasteiger partial charge in [0.25, 0.3) is 5.97 Å². The van der Waals surface area contributed by atoms with Gasteiger partial charge in [0.05, 0.1) is 18.4 Å². The van der Waals surface area contributed by atoms with E-state index in [9.17, 15) is 14.4 Å². The Kier molecular flexibility index (Phi) is 8.10. The molecule has 0 spiro atoms. The average Bonchev–Trinajstić information content (AvgIpc) is 2.53. The minimum absolute atomic E-state index is 0.0177. The molecule has 0 saturated heterocycles. The number of hydrogen-bond donors (Lipinski definition) is 4. The van der Waals surface area contributed by atoms with Crippen LogP contribution in [0.15, 0.2) is 5.10 Å². The highest BCUT2D eigenvalue weighted by atomic mass is 16.5. The fourth-order valence-electron chi connectivity index (χ4n) is 2.41. The van der Waals surface area contributed by atoms with Gasteiger partial charge in [-0.3, -0.25) is 9.59 Å². The second kappa shape index (κ2) is 9.83. The molecule has 0 aliphatic heterocycles. The minimum atomic E-state index is -0.744. The molecule has 0 aromatic carbocycles. The van der Waals surface area contributed by atoms with Gasteiger partial charge in [0, 0.05) is 12.8 Å². The lowest BCUT2D eigenvalue weighted by atomic mass is 9.82. The summed E-state index contributed by atoms with van der Waals surface area (Å²) in [5.74, 6) is -1.18. The highest BCUT2D eigenvalue weighted by molar-refractivity contribution is 6.05. The number of carbonyl (C=O) groups is 3. The molecule has 0 unspecified atom stereocenters. The second-order valence-corrected chi connectivity index (χ2v) is 5.60. The van der Waals surface area contributed by atoms with Crippen LogP contribution in [-0.2, 0) is 14.2 Å². The maximum Gasteiger partial charge on any atom is 0.335 e. The van der Waals surface area contributed by atoms with Crippen LogP contribution in [0.4, 0.5) is 4.79 Å². The lowest BCUT2D eigenvalue weighted by molar-refractivity contribution is -0.143. The normalized spacial score (nSPS) is 22.3. The van der Waals surface area contributed by atoms with E-state index in [0.717, 1.165) is 12.8 Å². The maximum atomic E-state index is 11.6. The van der Waals surface area contributed by atoms with Crippen LogP contribution in [-0.4, -0.2) is 49.9 Å². The Morgan fingerprint density at radius 1 is 1.35 bits per heavy atom. The van der Waals surface area contributed by atoms with Gasteiger partial charge in [0.1, 0.15) is 0 Å². The molecule has 0 bridgehead atoms. The number of carboxylic acid groups (broad SMARTS) is 1. The number of carbonyl (C=O) groups excluding carboxylic acids is 2. The molecule has 0 heterocycles. The van der Waals surface area contributed by atoms with Crippen LogP contribution in [0.2, 0.25) is 0 Å². The van der Waals surface area contributed by atoms with Crippen molar-refractivity contribution in [3.8, 4) is 0 Å². The van der Waals surface area contributed by atoms with E-state index in [2.05, 4.69) is 20.5 Å². The van der Waals surface area contributed by atoms with Crippen LogP contribution in [0.3, 0.4) is 0 Å². The summed E-state index contributed by atoms with van der Waals surface area (Å²) in [6.45, 7) is 0.474. The molecule has 0 aromatic heterocycles. The highest BCUT2D eigenvalue weighted by Gasteiger charge is 2.25. The number of hydrazone groups is 1. The van der Waals surface area contributed by atoms with Crippen molar-refractivity contribution in [3.05, 3.63) is 0 Å². The number of urea groups is 1. The van der Waals surface area contributed by atoms with Crippen molar-refractivity contribution in [3.63, 3.8) is 0 Å². The molecule has 1 aliphatic carbocycles. The fraction of sp³-hybridized carbons (Fsp3) is 0.692. The summed E-state index contributed by atoms with van der Waals surface area (Å²) < 4.78 is 4.46. The standard InChI is InChI=1S/C13H23BN4O5/c14-23-11(19)5-10(15)7-17-18-13(22)16-6-8-1-3-9(4-2-8)12(20)21/h7-10H,1-6,14-15H2,(H,20,21)(H2,16,18,22)/b17-7+/t8?,9?,10-/m0/s1. The molecule has 23 heavy (non-hydrogen) atoms. The number of hydrogen-bond acceptors (Lipinski definition) is 6. The second-order valence-electron chi connectivity index (χ2n) is 5.60. The smallest absolute Gasteiger partial charge is 0.335 e. The molecule has 128 valence electrons. The van der Waals surface area contributed by atoms with Crippen LogP contribution in [0.1, 0.15) is 32.1 Å². The zero-order chi connectivity index (χ0) is 17.2. The first kappa shape index (κ1) is 19.0. The van der Waals surface area contributed by atoms with E-state index in [0.29, 0.717) is 19.4 Å². The van der Waals surface area contributed by atoms with Crippen molar-refractivity contribution >= 4 is 32.2 Å². The van der Waals surface area contributed by atoms with Crippen LogP contribution in [0.5, 0.6) is 0 Å². The molecule has 10 heteroatoms. The molecule has 2 amide bonds. The molecule has 1 saturated carbocycles. The number of rotatable bonds is 7. The third-order valence-corrected chi connectivity index (χ3v) is 3.81. The summed E-state index contributed by atoms with van der Waals surface area (Å²) in [4.78, 5) is 33.4. The summed E-state index contributed by atoms with van der Waals surface area (Å²) >= 11 is 0. The number of aliphatic carboxylic acids is 1. The Morgan fingerprint density at radius 3 is 2.57 bits per heavy atom. The van der Waals surface area contributed by atoms with E-state index >= 15 is 0 Å². The largest absolute Gasteiger partial charge is 0.543 e. The average molecular weight is 326 g/mol. The number of nitrogens with zero attached hydrogens (tertiary/aromatic N) is 1. The van der Waals surface area contributed by atoms with Gasteiger partial charge >= 0.3 is 20.0 Å². The van der Waals surface area contributed by atoms with Crippen LogP contribution in [0.25, 0.3) is 0 Å². The summed E-state index contributed by atoms with van der Waals surface area (Å²) in [6, 6.07) is -1.10. The molecule has 1 atom stereocenters. The fourth-order valence-corrected chi connectivity index (χ4v) is 2.41. The number of carboxylic acids is 1. The van der Waals surface area contributed by atoms with E-state index in [-0.39, 0.29) is 18.3 Å². The Labute approximate surface area is 135 Å². The Hall–Kier alpha value is -2.10. The van der Waals surface area contributed by atoms with Gasteiger partial charge in [-0.25, -0.2) is 10.2 Å². The molecule has 1 rings (SSSR count). The van der Waals surface area contributed by atoms with Crippen molar-refractivity contribution in [1.82, 2.24) is 10.7 Å². The van der Waals surface area contributed by atoms with Gasteiger partial charge in [-0.1, -0.05) is 0 Å². The maximum absolute atomic E-state index is 11.6. The van der Waals surface area contributed by atoms with Gasteiger partial charge in [0.15, 0.2) is 0 Å². The van der Waals surface area contributed by atoms with Gasteiger partial charge in [0.2, 0.25) is 0 Å². The molecule has 9 nitrogen and oxygen atoms in total. The van der Waals surface area contributed by atoms with Gasteiger partial charge in [-0.2, -0.15) is 5.10 Å². The van der Waals surface area contributed by atoms with E-state index in [4.69, 9.17) is 10.8 Å². The quantitative estimate of drug-likeness (QED) is 0.268. The van der Waals surface area contributed by atoms with Gasteiger partial charge in [-0.15, -0.1) is 0 Å². The third-order valence-electron chi connectivity index (χ3n) is 3.81. The van der Waals surface area contributed by atoms with E-state index in [1.807, 2.05) is 0 Å². The number of nitrogens with one attached hydrogen (secondary N) is 2. The van der Waals surface area contributed by atoms with Crippen molar-refractivity contribution in [2.24, 2.45) is 22.7 Å². The molecule has 0 aromatic rings. The Bertz CT molecular complexity index is 452. The van der Waals surface area contributed by atoms with Gasteiger partial charge < -0.3 is 20.8 Å². The summed E-state index contributed by atoms with van der Waals surface area (Å²) in [7, 11) is 1.27. The summed E-state index contributed by atoms with van der Waals surface area (Å²) in [5, 5.41) is 15.3. The summed E-state index contributed by atoms with van der Waals surface area (Å²) in [5.41, 5.74) is 7.86. The van der Waals surface area contributed by atoms with Crippen molar-refractivity contribution < 1.29 is 24.1 Å². The predicted octanol–water partition coefficient (Wildman–Crippen LogP) is -1.03. The molecule has 5 N–H and O–H groups in total. The zero-order valence-corrected chi connectivity index (χ0v) is 13.2. The minimum Gasteiger partial charge on any atom is -0.543 e. The monoisotopic (exact) mass is 326 g/mol. The molecule has 0 radical (unpaired) electrons. The van der Waals surface area contributed by atoms with E-state index in [1.165, 1.54) is 14.3 Å². The number of amides is 2. The zero-order valence-electron chi connectivity index (χ0n) is 13.2. The van der Waals surface area contributed by atoms with Crippen LogP contribution in [0, 0.1) is 11.8 Å². The van der Waals surface area contributed by atoms with Crippen molar-refractivity contribution in [2.75, 3.05) is 6.54 Å². The molecule has 1 aliphatic rings.